The molecule has 3 rings (SSSR count). The third kappa shape index (κ3) is 7.60. The Morgan fingerprint density at radius 1 is 1.07 bits per heavy atom. The molecule has 2 aliphatic carbocycles. The van der Waals surface area contributed by atoms with Gasteiger partial charge in [-0.3, -0.25) is 38.7 Å². The van der Waals surface area contributed by atoms with Gasteiger partial charge in [-0.05, 0) is 44.9 Å². The van der Waals surface area contributed by atoms with E-state index in [1.165, 1.54) is 6.92 Å². The summed E-state index contributed by atoms with van der Waals surface area (Å²) in [7, 11) is 0. The van der Waals surface area contributed by atoms with E-state index in [2.05, 4.69) is 15.6 Å². The number of amidine groups is 1. The third-order valence-electron chi connectivity index (χ3n) is 7.60. The number of aliphatic carboxylic acids is 1. The molecule has 0 radical (unpaired) electrons. The second-order valence-corrected chi connectivity index (χ2v) is 10.8. The van der Waals surface area contributed by atoms with Gasteiger partial charge in [-0.25, -0.2) is 0 Å². The second kappa shape index (κ2) is 13.4. The maximum absolute atomic E-state index is 12.9. The number of carboxylic acids is 1. The van der Waals surface area contributed by atoms with E-state index in [-0.39, 0.29) is 67.1 Å². The summed E-state index contributed by atoms with van der Waals surface area (Å²) in [5.41, 5.74) is 5.54. The van der Waals surface area contributed by atoms with Gasteiger partial charge in [0.2, 0.25) is 23.6 Å². The standard InChI is InChI=1S/C27H37N5O8/c1-14(33)10-18(27(39)40)12-19(34)13-30-24(36)20(4-3-8-29-15(2)28)31-21(35)7-9-32-25(37)22-16-5-6-17(11-16)23(22)26(32)38/h5-6,16-18,20,22-23H,3-4,7-13H2,1-2H3,(H2,28,29)(H,30,36)(H,31,35)(H,39,40)/t16-,17?,18-,20+,22?,23?/m1/s1. The summed E-state index contributed by atoms with van der Waals surface area (Å²) in [4.78, 5) is 91.4. The number of nitrogens with one attached hydrogen (secondary N) is 2. The SMILES string of the molecule is CC(=O)C[C@H](CC(=O)CNC(=O)[C@H](CCCN=C(C)N)NC(=O)CCN1C(=O)C2C3C=C[C@H](C3)C2C1=O)C(=O)O. The molecule has 0 aromatic rings. The quantitative estimate of drug-likeness (QED) is 0.0636. The largest absolute Gasteiger partial charge is 0.481 e. The molecule has 2 bridgehead atoms. The highest BCUT2D eigenvalue weighted by Gasteiger charge is 2.59. The van der Waals surface area contributed by atoms with E-state index in [0.29, 0.717) is 18.8 Å². The molecule has 0 spiro atoms. The van der Waals surface area contributed by atoms with Gasteiger partial charge in [-0.1, -0.05) is 12.2 Å². The lowest BCUT2D eigenvalue weighted by Gasteiger charge is -2.20. The Hall–Kier alpha value is -3.90. The van der Waals surface area contributed by atoms with E-state index in [0.717, 1.165) is 11.3 Å². The molecule has 218 valence electrons. The summed E-state index contributed by atoms with van der Waals surface area (Å²) in [5.74, 6) is -5.34. The minimum absolute atomic E-state index is 0.0640. The van der Waals surface area contributed by atoms with Crippen LogP contribution in [0.3, 0.4) is 0 Å². The van der Waals surface area contributed by atoms with Crippen molar-refractivity contribution >= 4 is 47.0 Å². The first kappa shape index (κ1) is 30.6. The van der Waals surface area contributed by atoms with Crippen molar-refractivity contribution in [1.29, 1.82) is 0 Å². The van der Waals surface area contributed by atoms with Crippen molar-refractivity contribution in [3.8, 4) is 0 Å². The molecule has 13 heteroatoms. The van der Waals surface area contributed by atoms with Crippen molar-refractivity contribution in [2.75, 3.05) is 19.6 Å². The fraction of sp³-hybridized carbons (Fsp3) is 0.630. The average Bonchev–Trinajstić information content (AvgIpc) is 3.56. The van der Waals surface area contributed by atoms with Crippen LogP contribution in [0.4, 0.5) is 0 Å². The minimum Gasteiger partial charge on any atom is -0.481 e. The number of carboxylic acid groups (broad SMARTS) is 1. The van der Waals surface area contributed by atoms with Gasteiger partial charge < -0.3 is 26.3 Å². The number of nitrogens with zero attached hydrogens (tertiary/aromatic N) is 2. The van der Waals surface area contributed by atoms with Crippen LogP contribution in [-0.4, -0.2) is 82.7 Å². The van der Waals surface area contributed by atoms with E-state index in [1.54, 1.807) is 6.92 Å². The number of hydrogen-bond acceptors (Lipinski definition) is 8. The molecule has 3 aliphatic rings. The van der Waals surface area contributed by atoms with E-state index < -0.39 is 48.5 Å². The van der Waals surface area contributed by atoms with E-state index in [9.17, 15) is 38.7 Å². The molecular weight excluding hydrogens is 522 g/mol. The van der Waals surface area contributed by atoms with Gasteiger partial charge in [0.1, 0.15) is 11.8 Å². The second-order valence-electron chi connectivity index (χ2n) is 10.8. The van der Waals surface area contributed by atoms with Crippen LogP contribution in [0.1, 0.15) is 52.4 Å². The fourth-order valence-electron chi connectivity index (χ4n) is 5.73. The maximum Gasteiger partial charge on any atom is 0.307 e. The van der Waals surface area contributed by atoms with Gasteiger partial charge in [-0.15, -0.1) is 0 Å². The lowest BCUT2D eigenvalue weighted by molar-refractivity contribution is -0.145. The molecule has 5 N–H and O–H groups in total. The van der Waals surface area contributed by atoms with Crippen LogP contribution in [-0.2, 0) is 33.6 Å². The Balaban J connectivity index is 1.53. The molecule has 1 saturated heterocycles. The molecule has 6 atom stereocenters. The van der Waals surface area contributed by atoms with Gasteiger partial charge in [0.15, 0.2) is 5.78 Å². The first-order valence-corrected chi connectivity index (χ1v) is 13.5. The number of rotatable bonds is 16. The number of aliphatic imine (C=N–C) groups is 1. The molecule has 3 unspecified atom stereocenters. The number of imide groups is 1. The van der Waals surface area contributed by atoms with Crippen molar-refractivity contribution in [2.24, 2.45) is 40.3 Å². The molecule has 40 heavy (non-hydrogen) atoms. The molecule has 13 nitrogen and oxygen atoms in total. The molecule has 1 saturated carbocycles. The normalized spacial score (nSPS) is 24.6. The molecule has 1 aliphatic heterocycles. The average molecular weight is 560 g/mol. The highest BCUT2D eigenvalue weighted by molar-refractivity contribution is 6.06. The van der Waals surface area contributed by atoms with E-state index in [1.807, 2.05) is 12.2 Å². The molecule has 0 aromatic heterocycles. The van der Waals surface area contributed by atoms with Crippen LogP contribution in [0.25, 0.3) is 0 Å². The summed E-state index contributed by atoms with van der Waals surface area (Å²) in [6, 6.07) is -1.04. The molecular formula is C27H37N5O8. The van der Waals surface area contributed by atoms with Gasteiger partial charge in [0.25, 0.3) is 0 Å². The Labute approximate surface area is 232 Å². The number of carbonyl (C=O) groups excluding carboxylic acids is 6. The van der Waals surface area contributed by atoms with Gasteiger partial charge >= 0.3 is 5.97 Å². The predicted octanol–water partition coefficient (Wildman–Crippen LogP) is -0.419. The number of Topliss-reactive ketones (excluding diaryl/α,β-unsaturated/α-hetero) is 2. The molecule has 0 aromatic carbocycles. The third-order valence-corrected chi connectivity index (χ3v) is 7.60. The predicted molar refractivity (Wildman–Crippen MR) is 141 cm³/mol. The van der Waals surface area contributed by atoms with Crippen LogP contribution in [0.2, 0.25) is 0 Å². The monoisotopic (exact) mass is 559 g/mol. The zero-order valence-corrected chi connectivity index (χ0v) is 22.8. The number of allylic oxidation sites excluding steroid dienone is 2. The summed E-state index contributed by atoms with van der Waals surface area (Å²) < 4.78 is 0. The van der Waals surface area contributed by atoms with Gasteiger partial charge in [0, 0.05) is 32.4 Å². The van der Waals surface area contributed by atoms with Crippen LogP contribution in [0, 0.1) is 29.6 Å². The number of ketones is 2. The first-order valence-electron chi connectivity index (χ1n) is 13.5. The Morgan fingerprint density at radius 3 is 2.25 bits per heavy atom. The van der Waals surface area contributed by atoms with E-state index in [4.69, 9.17) is 5.73 Å². The summed E-state index contributed by atoms with van der Waals surface area (Å²) >= 11 is 0. The number of fused-ring (bicyclic) bond motifs is 5. The number of hydrogen-bond donors (Lipinski definition) is 4. The number of carbonyl (C=O) groups is 7. The van der Waals surface area contributed by atoms with Crippen LogP contribution in [0.15, 0.2) is 17.1 Å². The van der Waals surface area contributed by atoms with Crippen molar-refractivity contribution in [1.82, 2.24) is 15.5 Å². The highest BCUT2D eigenvalue weighted by atomic mass is 16.4. The zero-order chi connectivity index (χ0) is 29.6. The molecule has 4 amide bonds. The van der Waals surface area contributed by atoms with Crippen LogP contribution in [0.5, 0.6) is 0 Å². The Morgan fingerprint density at radius 2 is 1.70 bits per heavy atom. The number of nitrogens with two attached hydrogens (primary N) is 1. The number of amides is 4. The Kier molecular flexibility index (Phi) is 10.3. The van der Waals surface area contributed by atoms with Gasteiger partial charge in [-0.2, -0.15) is 0 Å². The summed E-state index contributed by atoms with van der Waals surface area (Å²) in [6.07, 6.45) is 4.44. The zero-order valence-electron chi connectivity index (χ0n) is 22.8. The van der Waals surface area contributed by atoms with E-state index >= 15 is 0 Å². The summed E-state index contributed by atoms with van der Waals surface area (Å²) in [6.45, 7) is 2.59. The van der Waals surface area contributed by atoms with Crippen molar-refractivity contribution in [3.05, 3.63) is 12.2 Å². The van der Waals surface area contributed by atoms with Crippen molar-refractivity contribution in [2.45, 2.75) is 58.4 Å². The Bertz CT molecular complexity index is 1100. The smallest absolute Gasteiger partial charge is 0.307 e. The summed E-state index contributed by atoms with van der Waals surface area (Å²) in [5, 5.41) is 14.3. The lowest BCUT2D eigenvalue weighted by Crippen LogP contribution is -2.48. The highest BCUT2D eigenvalue weighted by Crippen LogP contribution is 2.52. The van der Waals surface area contributed by atoms with Crippen molar-refractivity contribution < 1.29 is 38.7 Å². The van der Waals surface area contributed by atoms with Gasteiger partial charge in [0.05, 0.1) is 30.1 Å². The van der Waals surface area contributed by atoms with Crippen LogP contribution >= 0.6 is 0 Å². The minimum atomic E-state index is -1.28. The number of likely N-dealkylation sites (tertiary alicyclic amines) is 1. The van der Waals surface area contributed by atoms with Crippen molar-refractivity contribution in [3.63, 3.8) is 0 Å². The molecule has 2 fully saturated rings. The topological polar surface area (TPSA) is 205 Å². The molecule has 1 heterocycles. The lowest BCUT2D eigenvalue weighted by atomic mass is 9.85. The fourth-order valence-corrected chi connectivity index (χ4v) is 5.73. The first-order chi connectivity index (χ1) is 18.9. The maximum atomic E-state index is 12.9. The van der Waals surface area contributed by atoms with Crippen LogP contribution < -0.4 is 16.4 Å².